The molecule has 1 amide bonds. The van der Waals surface area contributed by atoms with Crippen molar-refractivity contribution in [2.75, 3.05) is 6.54 Å². The molecular formula is C14H21ClN2O3S. The second-order valence-corrected chi connectivity index (χ2v) is 8.04. The monoisotopic (exact) mass is 332 g/mol. The van der Waals surface area contributed by atoms with Crippen LogP contribution in [0.2, 0.25) is 5.02 Å². The Bertz CT molecular complexity index is 640. The third-order valence-corrected chi connectivity index (χ3v) is 4.84. The SMILES string of the molecule is CC(C)C(C)(C)CNC(=O)c1cc(Cl)cc(S(N)(=O)=O)c1. The molecule has 0 heterocycles. The summed E-state index contributed by atoms with van der Waals surface area (Å²) in [6, 6.07) is 3.85. The van der Waals surface area contributed by atoms with Crippen molar-refractivity contribution in [3.05, 3.63) is 28.8 Å². The van der Waals surface area contributed by atoms with E-state index in [0.717, 1.165) is 0 Å². The quantitative estimate of drug-likeness (QED) is 0.867. The Morgan fingerprint density at radius 1 is 1.33 bits per heavy atom. The Balaban J connectivity index is 2.97. The minimum Gasteiger partial charge on any atom is -0.351 e. The lowest BCUT2D eigenvalue weighted by atomic mass is 9.81. The van der Waals surface area contributed by atoms with Gasteiger partial charge in [0.2, 0.25) is 10.0 Å². The molecule has 3 N–H and O–H groups in total. The summed E-state index contributed by atoms with van der Waals surface area (Å²) in [5.41, 5.74) is 0.0999. The first-order chi connectivity index (χ1) is 9.43. The van der Waals surface area contributed by atoms with Gasteiger partial charge in [0.25, 0.3) is 5.91 Å². The lowest BCUT2D eigenvalue weighted by Crippen LogP contribution is -2.37. The molecule has 1 aromatic rings. The van der Waals surface area contributed by atoms with Crippen molar-refractivity contribution in [3.8, 4) is 0 Å². The number of hydrogen-bond donors (Lipinski definition) is 2. The molecule has 0 aliphatic carbocycles. The fourth-order valence-electron chi connectivity index (χ4n) is 1.47. The summed E-state index contributed by atoms with van der Waals surface area (Å²) < 4.78 is 22.7. The number of halogens is 1. The van der Waals surface area contributed by atoms with Gasteiger partial charge >= 0.3 is 0 Å². The predicted octanol–water partition coefficient (Wildman–Crippen LogP) is 2.40. The molecule has 1 rings (SSSR count). The van der Waals surface area contributed by atoms with Gasteiger partial charge in [-0.15, -0.1) is 0 Å². The molecule has 21 heavy (non-hydrogen) atoms. The Hall–Kier alpha value is -1.11. The van der Waals surface area contributed by atoms with E-state index in [9.17, 15) is 13.2 Å². The van der Waals surface area contributed by atoms with Gasteiger partial charge in [0, 0.05) is 17.1 Å². The summed E-state index contributed by atoms with van der Waals surface area (Å²) in [5, 5.41) is 8.00. The second-order valence-electron chi connectivity index (χ2n) is 6.05. The van der Waals surface area contributed by atoms with Gasteiger partial charge in [-0.05, 0) is 29.5 Å². The summed E-state index contributed by atoms with van der Waals surface area (Å²) in [6.07, 6.45) is 0. The third kappa shape index (κ3) is 4.98. The van der Waals surface area contributed by atoms with Crippen molar-refractivity contribution in [1.29, 1.82) is 0 Å². The van der Waals surface area contributed by atoms with Crippen molar-refractivity contribution >= 4 is 27.5 Å². The van der Waals surface area contributed by atoms with Gasteiger partial charge in [-0.25, -0.2) is 13.6 Å². The van der Waals surface area contributed by atoms with Crippen LogP contribution < -0.4 is 10.5 Å². The summed E-state index contributed by atoms with van der Waals surface area (Å²) in [4.78, 5) is 12.0. The highest BCUT2D eigenvalue weighted by Gasteiger charge is 2.23. The number of carbonyl (C=O) groups is 1. The highest BCUT2D eigenvalue weighted by molar-refractivity contribution is 7.89. The van der Waals surface area contributed by atoms with Gasteiger partial charge in [-0.2, -0.15) is 0 Å². The van der Waals surface area contributed by atoms with Crippen molar-refractivity contribution in [2.45, 2.75) is 32.6 Å². The molecule has 0 aliphatic heterocycles. The first-order valence-electron chi connectivity index (χ1n) is 6.55. The number of hydrogen-bond acceptors (Lipinski definition) is 3. The molecule has 0 unspecified atom stereocenters. The lowest BCUT2D eigenvalue weighted by Gasteiger charge is -2.29. The van der Waals surface area contributed by atoms with Crippen LogP contribution >= 0.6 is 11.6 Å². The van der Waals surface area contributed by atoms with Crippen molar-refractivity contribution in [1.82, 2.24) is 5.32 Å². The van der Waals surface area contributed by atoms with E-state index in [2.05, 4.69) is 19.2 Å². The maximum atomic E-state index is 12.1. The van der Waals surface area contributed by atoms with Gasteiger partial charge in [0.1, 0.15) is 0 Å². The van der Waals surface area contributed by atoms with E-state index in [1.807, 2.05) is 13.8 Å². The van der Waals surface area contributed by atoms with Crippen LogP contribution in [-0.4, -0.2) is 20.9 Å². The van der Waals surface area contributed by atoms with E-state index in [1.165, 1.54) is 18.2 Å². The molecule has 0 atom stereocenters. The van der Waals surface area contributed by atoms with Crippen molar-refractivity contribution in [3.63, 3.8) is 0 Å². The molecule has 0 bridgehead atoms. The Morgan fingerprint density at radius 2 is 1.90 bits per heavy atom. The van der Waals surface area contributed by atoms with Crippen LogP contribution in [0.25, 0.3) is 0 Å². The molecule has 118 valence electrons. The number of nitrogens with one attached hydrogen (secondary N) is 1. The van der Waals surface area contributed by atoms with Gasteiger partial charge in [0.15, 0.2) is 0 Å². The number of amides is 1. The van der Waals surface area contributed by atoms with E-state index in [4.69, 9.17) is 16.7 Å². The molecular weight excluding hydrogens is 312 g/mol. The molecule has 0 aromatic heterocycles. The molecule has 0 saturated heterocycles. The molecule has 0 aliphatic rings. The van der Waals surface area contributed by atoms with Crippen LogP contribution in [0.1, 0.15) is 38.1 Å². The van der Waals surface area contributed by atoms with E-state index >= 15 is 0 Å². The molecule has 7 heteroatoms. The Morgan fingerprint density at radius 3 is 2.38 bits per heavy atom. The molecule has 0 spiro atoms. The number of carbonyl (C=O) groups excluding carboxylic acids is 1. The summed E-state index contributed by atoms with van der Waals surface area (Å²) in [6.45, 7) is 8.72. The minimum atomic E-state index is -3.90. The molecule has 5 nitrogen and oxygen atoms in total. The number of benzene rings is 1. The summed E-state index contributed by atoms with van der Waals surface area (Å²) >= 11 is 5.84. The molecule has 1 aromatic carbocycles. The largest absolute Gasteiger partial charge is 0.351 e. The fourth-order valence-corrected chi connectivity index (χ4v) is 2.35. The maximum Gasteiger partial charge on any atom is 0.251 e. The summed E-state index contributed by atoms with van der Waals surface area (Å²) in [7, 11) is -3.90. The van der Waals surface area contributed by atoms with E-state index in [-0.39, 0.29) is 26.8 Å². The van der Waals surface area contributed by atoms with Crippen LogP contribution in [0.4, 0.5) is 0 Å². The molecule has 0 fully saturated rings. The Labute approximate surface area is 130 Å². The van der Waals surface area contributed by atoms with Crippen LogP contribution in [-0.2, 0) is 10.0 Å². The topological polar surface area (TPSA) is 89.3 Å². The van der Waals surface area contributed by atoms with Gasteiger partial charge in [-0.3, -0.25) is 4.79 Å². The highest BCUT2D eigenvalue weighted by Crippen LogP contribution is 2.25. The normalized spacial score (nSPS) is 12.5. The second kappa shape index (κ2) is 6.34. The van der Waals surface area contributed by atoms with Crippen LogP contribution in [0.3, 0.4) is 0 Å². The van der Waals surface area contributed by atoms with Crippen molar-refractivity contribution in [2.24, 2.45) is 16.5 Å². The van der Waals surface area contributed by atoms with E-state index in [1.54, 1.807) is 0 Å². The Kier molecular flexibility index (Phi) is 5.41. The third-order valence-electron chi connectivity index (χ3n) is 3.73. The van der Waals surface area contributed by atoms with Gasteiger partial charge in [0.05, 0.1) is 4.90 Å². The highest BCUT2D eigenvalue weighted by atomic mass is 35.5. The van der Waals surface area contributed by atoms with Crippen LogP contribution in [0.15, 0.2) is 23.1 Å². The lowest BCUT2D eigenvalue weighted by molar-refractivity contribution is 0.0924. The summed E-state index contributed by atoms with van der Waals surface area (Å²) in [5.74, 6) is 0.00765. The van der Waals surface area contributed by atoms with Crippen LogP contribution in [0.5, 0.6) is 0 Å². The standard InChI is InChI=1S/C14H21ClN2O3S/c1-9(2)14(3,4)8-17-13(18)10-5-11(15)7-12(6-10)21(16,19)20/h5-7,9H,8H2,1-4H3,(H,17,18)(H2,16,19,20). The number of nitrogens with two attached hydrogens (primary N) is 1. The average Bonchev–Trinajstić information content (AvgIpc) is 2.34. The zero-order valence-electron chi connectivity index (χ0n) is 12.6. The fraction of sp³-hybridized carbons (Fsp3) is 0.500. The number of rotatable bonds is 5. The van der Waals surface area contributed by atoms with E-state index in [0.29, 0.717) is 12.5 Å². The maximum absolute atomic E-state index is 12.1. The van der Waals surface area contributed by atoms with E-state index < -0.39 is 10.0 Å². The van der Waals surface area contributed by atoms with Crippen molar-refractivity contribution < 1.29 is 13.2 Å². The molecule has 0 radical (unpaired) electrons. The minimum absolute atomic E-state index is 0.0724. The predicted molar refractivity (Wildman–Crippen MR) is 83.8 cm³/mol. The zero-order chi connectivity index (χ0) is 16.4. The zero-order valence-corrected chi connectivity index (χ0v) is 14.2. The first-order valence-corrected chi connectivity index (χ1v) is 8.47. The number of primary sulfonamides is 1. The van der Waals surface area contributed by atoms with Gasteiger partial charge in [-0.1, -0.05) is 39.3 Å². The number of sulfonamides is 1. The van der Waals surface area contributed by atoms with Crippen LogP contribution in [0, 0.1) is 11.3 Å². The average molecular weight is 333 g/mol. The first kappa shape index (κ1) is 17.9. The molecule has 0 saturated carbocycles. The van der Waals surface area contributed by atoms with Gasteiger partial charge < -0.3 is 5.32 Å². The smallest absolute Gasteiger partial charge is 0.251 e.